The van der Waals surface area contributed by atoms with Crippen LogP contribution in [-0.4, -0.2) is 22.6 Å². The van der Waals surface area contributed by atoms with Gasteiger partial charge in [0.2, 0.25) is 5.95 Å². The second kappa shape index (κ2) is 6.80. The molecule has 1 atom stereocenters. The highest BCUT2D eigenvalue weighted by Gasteiger charge is 2.25. The third kappa shape index (κ3) is 3.10. The Morgan fingerprint density at radius 2 is 1.92 bits per heavy atom. The molecule has 1 aromatic carbocycles. The molecule has 0 spiro atoms. The molecule has 1 aliphatic heterocycles. The Balaban J connectivity index is 1.53. The topological polar surface area (TPSA) is 41.1 Å². The van der Waals surface area contributed by atoms with E-state index in [0.717, 1.165) is 24.7 Å². The zero-order valence-corrected chi connectivity index (χ0v) is 14.4. The monoisotopic (exact) mass is 322 g/mol. The van der Waals surface area contributed by atoms with Crippen molar-refractivity contribution in [2.45, 2.75) is 57.5 Å². The minimum absolute atomic E-state index is 0.354. The summed E-state index contributed by atoms with van der Waals surface area (Å²) in [6.07, 6.45) is 9.44. The summed E-state index contributed by atoms with van der Waals surface area (Å²) < 4.78 is 0. The third-order valence-electron chi connectivity index (χ3n) is 5.47. The maximum atomic E-state index is 4.82. The molecule has 4 nitrogen and oxygen atoms in total. The first-order chi connectivity index (χ1) is 11.8. The van der Waals surface area contributed by atoms with E-state index in [0.29, 0.717) is 12.1 Å². The van der Waals surface area contributed by atoms with E-state index in [1.807, 2.05) is 12.3 Å². The number of hydrogen-bond acceptors (Lipinski definition) is 4. The van der Waals surface area contributed by atoms with E-state index in [4.69, 9.17) is 4.98 Å². The van der Waals surface area contributed by atoms with Crippen LogP contribution in [0.25, 0.3) is 0 Å². The molecule has 126 valence electrons. The molecular weight excluding hydrogens is 296 g/mol. The number of anilines is 2. The minimum Gasteiger partial charge on any atom is -0.351 e. The summed E-state index contributed by atoms with van der Waals surface area (Å²) in [7, 11) is 0. The fourth-order valence-electron chi connectivity index (χ4n) is 4.09. The molecule has 2 aromatic rings. The maximum absolute atomic E-state index is 4.82. The van der Waals surface area contributed by atoms with Crippen LogP contribution in [-0.2, 0) is 6.42 Å². The minimum atomic E-state index is 0.354. The van der Waals surface area contributed by atoms with Crippen molar-refractivity contribution in [1.29, 1.82) is 0 Å². The van der Waals surface area contributed by atoms with Crippen LogP contribution < -0.4 is 10.2 Å². The van der Waals surface area contributed by atoms with Crippen LogP contribution >= 0.6 is 0 Å². The van der Waals surface area contributed by atoms with Crippen LogP contribution in [0.1, 0.15) is 56.2 Å². The average molecular weight is 322 g/mol. The molecular formula is C20H26N4. The highest BCUT2D eigenvalue weighted by molar-refractivity contribution is 5.49. The number of fused-ring (bicyclic) bond motifs is 1. The van der Waals surface area contributed by atoms with E-state index in [2.05, 4.69) is 46.4 Å². The summed E-state index contributed by atoms with van der Waals surface area (Å²) in [6, 6.07) is 11.7. The molecule has 2 aliphatic rings. The lowest BCUT2D eigenvalue weighted by Crippen LogP contribution is -2.34. The van der Waals surface area contributed by atoms with Crippen LogP contribution in [0.3, 0.4) is 0 Å². The number of aromatic nitrogens is 2. The Kier molecular flexibility index (Phi) is 4.37. The van der Waals surface area contributed by atoms with E-state index < -0.39 is 0 Å². The van der Waals surface area contributed by atoms with Crippen molar-refractivity contribution in [2.75, 3.05) is 16.8 Å². The van der Waals surface area contributed by atoms with Crippen molar-refractivity contribution in [3.63, 3.8) is 0 Å². The largest absolute Gasteiger partial charge is 0.351 e. The van der Waals surface area contributed by atoms with Gasteiger partial charge in [-0.3, -0.25) is 0 Å². The van der Waals surface area contributed by atoms with E-state index in [1.165, 1.54) is 43.2 Å². The Bertz CT molecular complexity index is 694. The third-order valence-corrected chi connectivity index (χ3v) is 5.47. The molecule has 24 heavy (non-hydrogen) atoms. The Hall–Kier alpha value is -2.10. The standard InChI is InChI=1S/C20H26N4/c1-15-18-10-6-5-7-16(18)12-14-24(15)19-11-13-21-20(23-19)22-17-8-3-2-4-9-17/h5-7,10-11,13,15,17H,2-4,8-9,12,14H2,1H3,(H,21,22,23)/t15-/m1/s1. The number of nitrogens with one attached hydrogen (secondary N) is 1. The predicted molar refractivity (Wildman–Crippen MR) is 98.4 cm³/mol. The lowest BCUT2D eigenvalue weighted by atomic mass is 9.94. The first-order valence-corrected chi connectivity index (χ1v) is 9.25. The van der Waals surface area contributed by atoms with Crippen LogP contribution in [0.4, 0.5) is 11.8 Å². The number of benzene rings is 1. The first-order valence-electron chi connectivity index (χ1n) is 9.25. The molecule has 0 amide bonds. The van der Waals surface area contributed by atoms with E-state index in [9.17, 15) is 0 Å². The van der Waals surface area contributed by atoms with Gasteiger partial charge >= 0.3 is 0 Å². The summed E-state index contributed by atoms with van der Waals surface area (Å²) in [6.45, 7) is 3.28. The second-order valence-corrected chi connectivity index (χ2v) is 7.04. The van der Waals surface area contributed by atoms with Gasteiger partial charge in [0.1, 0.15) is 5.82 Å². The van der Waals surface area contributed by atoms with Crippen molar-refractivity contribution in [1.82, 2.24) is 9.97 Å². The van der Waals surface area contributed by atoms with Crippen molar-refractivity contribution < 1.29 is 0 Å². The van der Waals surface area contributed by atoms with Crippen molar-refractivity contribution in [2.24, 2.45) is 0 Å². The van der Waals surface area contributed by atoms with Gasteiger partial charge in [-0.1, -0.05) is 43.5 Å². The fraction of sp³-hybridized carbons (Fsp3) is 0.500. The summed E-state index contributed by atoms with van der Waals surface area (Å²) in [4.78, 5) is 11.7. The quantitative estimate of drug-likeness (QED) is 0.912. The molecule has 1 aromatic heterocycles. The highest BCUT2D eigenvalue weighted by atomic mass is 15.2. The normalized spacial score (nSPS) is 21.4. The van der Waals surface area contributed by atoms with Crippen LogP contribution in [0.2, 0.25) is 0 Å². The summed E-state index contributed by atoms with van der Waals surface area (Å²) in [5, 5.41) is 3.55. The molecule has 4 heteroatoms. The second-order valence-electron chi connectivity index (χ2n) is 7.04. The Morgan fingerprint density at radius 3 is 2.79 bits per heavy atom. The maximum Gasteiger partial charge on any atom is 0.224 e. The van der Waals surface area contributed by atoms with Gasteiger partial charge in [0.15, 0.2) is 0 Å². The molecule has 1 fully saturated rings. The lowest BCUT2D eigenvalue weighted by molar-refractivity contribution is 0.460. The molecule has 1 saturated carbocycles. The highest BCUT2D eigenvalue weighted by Crippen LogP contribution is 2.32. The van der Waals surface area contributed by atoms with E-state index in [1.54, 1.807) is 0 Å². The van der Waals surface area contributed by atoms with Crippen LogP contribution in [0.15, 0.2) is 36.5 Å². The zero-order valence-electron chi connectivity index (χ0n) is 14.4. The molecule has 1 N–H and O–H groups in total. The molecule has 2 heterocycles. The SMILES string of the molecule is C[C@@H]1c2ccccc2CCN1c1ccnc(NC2CCCCC2)n1. The molecule has 0 radical (unpaired) electrons. The van der Waals surface area contributed by atoms with Gasteiger partial charge < -0.3 is 10.2 Å². The van der Waals surface area contributed by atoms with Gasteiger partial charge in [-0.05, 0) is 43.4 Å². The van der Waals surface area contributed by atoms with Crippen LogP contribution in [0, 0.1) is 0 Å². The number of rotatable bonds is 3. The first kappa shape index (κ1) is 15.4. The van der Waals surface area contributed by atoms with Gasteiger partial charge in [-0.15, -0.1) is 0 Å². The van der Waals surface area contributed by atoms with E-state index in [-0.39, 0.29) is 0 Å². The van der Waals surface area contributed by atoms with Gasteiger partial charge in [-0.2, -0.15) is 4.98 Å². The number of nitrogens with zero attached hydrogens (tertiary/aromatic N) is 3. The molecule has 4 rings (SSSR count). The Labute approximate surface area is 144 Å². The molecule has 1 aliphatic carbocycles. The van der Waals surface area contributed by atoms with E-state index >= 15 is 0 Å². The van der Waals surface area contributed by atoms with Crippen molar-refractivity contribution in [3.05, 3.63) is 47.7 Å². The van der Waals surface area contributed by atoms with Gasteiger partial charge in [0.25, 0.3) is 0 Å². The van der Waals surface area contributed by atoms with Crippen molar-refractivity contribution >= 4 is 11.8 Å². The average Bonchev–Trinajstić information content (AvgIpc) is 2.63. The molecule has 0 bridgehead atoms. The van der Waals surface area contributed by atoms with Crippen molar-refractivity contribution in [3.8, 4) is 0 Å². The molecule has 0 unspecified atom stereocenters. The summed E-state index contributed by atoms with van der Waals surface area (Å²) in [5.41, 5.74) is 2.89. The summed E-state index contributed by atoms with van der Waals surface area (Å²) >= 11 is 0. The smallest absolute Gasteiger partial charge is 0.224 e. The molecule has 0 saturated heterocycles. The van der Waals surface area contributed by atoms with Gasteiger partial charge in [-0.25, -0.2) is 4.98 Å². The van der Waals surface area contributed by atoms with Crippen LogP contribution in [0.5, 0.6) is 0 Å². The zero-order chi connectivity index (χ0) is 16.4. The fourth-order valence-corrected chi connectivity index (χ4v) is 4.09. The predicted octanol–water partition coefficient (Wildman–Crippen LogP) is 4.34. The Morgan fingerprint density at radius 1 is 1.08 bits per heavy atom. The van der Waals surface area contributed by atoms with Gasteiger partial charge in [0.05, 0.1) is 6.04 Å². The van der Waals surface area contributed by atoms with Gasteiger partial charge in [0, 0.05) is 18.8 Å². The summed E-state index contributed by atoms with van der Waals surface area (Å²) in [5.74, 6) is 1.82. The lowest BCUT2D eigenvalue weighted by Gasteiger charge is -2.36. The number of hydrogen-bond donors (Lipinski definition) is 1.